The first kappa shape index (κ1) is 15.4. The van der Waals surface area contributed by atoms with Crippen LogP contribution in [0, 0.1) is 0 Å². The summed E-state index contributed by atoms with van der Waals surface area (Å²) in [4.78, 5) is 10.2. The Labute approximate surface area is 90.9 Å². The molecule has 4 unspecified atom stereocenters. The molecule has 0 saturated heterocycles. The number of aliphatic hydroxyl groups excluding tert-OH is 4. The van der Waals surface area contributed by atoms with E-state index >= 15 is 0 Å². The molecule has 0 aliphatic rings. The summed E-state index contributed by atoms with van der Waals surface area (Å²) < 4.78 is 32.8. The van der Waals surface area contributed by atoms with Crippen molar-refractivity contribution in [2.45, 2.75) is 24.4 Å². The molecule has 9 nitrogen and oxygen atoms in total. The van der Waals surface area contributed by atoms with Gasteiger partial charge < -0.3 is 25.2 Å². The lowest BCUT2D eigenvalue weighted by molar-refractivity contribution is -0.132. The van der Waals surface area contributed by atoms with Crippen LogP contribution in [0.3, 0.4) is 0 Å². The largest absolute Gasteiger partial charge is 0.397 e. The van der Waals surface area contributed by atoms with Crippen LogP contribution >= 0.6 is 0 Å². The van der Waals surface area contributed by atoms with Gasteiger partial charge in [0.15, 0.2) is 6.29 Å². The van der Waals surface area contributed by atoms with Crippen molar-refractivity contribution in [3.63, 3.8) is 0 Å². The van der Waals surface area contributed by atoms with E-state index in [0.29, 0.717) is 0 Å². The topological polar surface area (TPSA) is 162 Å². The van der Waals surface area contributed by atoms with Gasteiger partial charge in [0.1, 0.15) is 24.4 Å². The maximum Gasteiger partial charge on any atom is 0.397 e. The van der Waals surface area contributed by atoms with Gasteiger partial charge in [0, 0.05) is 0 Å². The molecular weight excluding hydrogens is 248 g/mol. The molecule has 4 atom stereocenters. The molecule has 96 valence electrons. The molecule has 0 radical (unpaired) electrons. The minimum Gasteiger partial charge on any atom is -0.394 e. The van der Waals surface area contributed by atoms with Crippen molar-refractivity contribution in [3.05, 3.63) is 0 Å². The first-order valence-corrected chi connectivity index (χ1v) is 5.35. The highest BCUT2D eigenvalue weighted by molar-refractivity contribution is 7.80. The van der Waals surface area contributed by atoms with Gasteiger partial charge in [0.25, 0.3) is 0 Å². The Balaban J connectivity index is 4.87. The molecule has 0 saturated carbocycles. The number of hydrogen-bond donors (Lipinski definition) is 5. The maximum atomic E-state index is 10.3. The van der Waals surface area contributed by atoms with Crippen molar-refractivity contribution in [1.29, 1.82) is 0 Å². The highest BCUT2D eigenvalue weighted by atomic mass is 32.3. The molecule has 0 aliphatic heterocycles. The summed E-state index contributed by atoms with van der Waals surface area (Å²) in [6, 6.07) is 0. The van der Waals surface area contributed by atoms with Crippen LogP contribution in [0.2, 0.25) is 0 Å². The molecule has 0 bridgehead atoms. The van der Waals surface area contributed by atoms with Crippen LogP contribution in [-0.4, -0.2) is 70.7 Å². The van der Waals surface area contributed by atoms with Gasteiger partial charge in [-0.25, -0.2) is 4.18 Å². The standard InChI is InChI=1S/C6H12O9S/c7-1-3(9)5(11)6(4(10)2-8)15-16(12,13)14/h2-7,9-11H,1H2,(H,12,13,14). The molecule has 0 amide bonds. The summed E-state index contributed by atoms with van der Waals surface area (Å²) in [7, 11) is -5.04. The zero-order valence-corrected chi connectivity index (χ0v) is 8.69. The van der Waals surface area contributed by atoms with Gasteiger partial charge in [0.2, 0.25) is 0 Å². The molecule has 0 aromatic rings. The van der Waals surface area contributed by atoms with Gasteiger partial charge >= 0.3 is 10.4 Å². The summed E-state index contributed by atoms with van der Waals surface area (Å²) in [5, 5.41) is 35.6. The lowest BCUT2D eigenvalue weighted by Gasteiger charge is -2.25. The predicted octanol–water partition coefficient (Wildman–Crippen LogP) is -3.55. The van der Waals surface area contributed by atoms with Crippen molar-refractivity contribution in [1.82, 2.24) is 0 Å². The fourth-order valence-electron chi connectivity index (χ4n) is 0.861. The minimum absolute atomic E-state index is 0.164. The van der Waals surface area contributed by atoms with Crippen LogP contribution in [0.25, 0.3) is 0 Å². The Hall–Kier alpha value is -0.620. The number of hydrogen-bond acceptors (Lipinski definition) is 8. The van der Waals surface area contributed by atoms with E-state index in [4.69, 9.17) is 19.9 Å². The van der Waals surface area contributed by atoms with E-state index in [1.807, 2.05) is 0 Å². The van der Waals surface area contributed by atoms with Crippen LogP contribution in [0.4, 0.5) is 0 Å². The SMILES string of the molecule is O=CC(O)C(OS(=O)(=O)O)C(O)C(O)CO. The summed E-state index contributed by atoms with van der Waals surface area (Å²) in [6.45, 7) is -0.960. The molecule has 0 aromatic heterocycles. The van der Waals surface area contributed by atoms with Crippen LogP contribution in [0.1, 0.15) is 0 Å². The van der Waals surface area contributed by atoms with E-state index < -0.39 is 41.4 Å². The van der Waals surface area contributed by atoms with Crippen molar-refractivity contribution in [3.8, 4) is 0 Å². The van der Waals surface area contributed by atoms with E-state index in [2.05, 4.69) is 4.18 Å². The van der Waals surface area contributed by atoms with E-state index in [0.717, 1.165) is 0 Å². The third-order valence-electron chi connectivity index (χ3n) is 1.63. The fraction of sp³-hybridized carbons (Fsp3) is 0.833. The molecule has 16 heavy (non-hydrogen) atoms. The lowest BCUT2D eigenvalue weighted by Crippen LogP contribution is -2.48. The average Bonchev–Trinajstić information content (AvgIpc) is 2.21. The van der Waals surface area contributed by atoms with Crippen LogP contribution in [-0.2, 0) is 19.4 Å². The number of aldehydes is 1. The van der Waals surface area contributed by atoms with E-state index in [9.17, 15) is 18.3 Å². The van der Waals surface area contributed by atoms with Crippen molar-refractivity contribution in [2.24, 2.45) is 0 Å². The molecule has 0 rings (SSSR count). The summed E-state index contributed by atoms with van der Waals surface area (Å²) in [6.07, 6.45) is -8.30. The van der Waals surface area contributed by atoms with Gasteiger partial charge in [-0.3, -0.25) is 4.55 Å². The highest BCUT2D eigenvalue weighted by Crippen LogP contribution is 2.11. The van der Waals surface area contributed by atoms with Gasteiger partial charge in [-0.2, -0.15) is 8.42 Å². The van der Waals surface area contributed by atoms with Crippen LogP contribution in [0.5, 0.6) is 0 Å². The molecule has 10 heteroatoms. The van der Waals surface area contributed by atoms with Gasteiger partial charge in [-0.05, 0) is 0 Å². The smallest absolute Gasteiger partial charge is 0.394 e. The first-order chi connectivity index (χ1) is 7.22. The molecular formula is C6H12O9S. The molecule has 0 fully saturated rings. The maximum absolute atomic E-state index is 10.3. The quantitative estimate of drug-likeness (QED) is 0.230. The minimum atomic E-state index is -5.04. The molecule has 0 heterocycles. The fourth-order valence-corrected chi connectivity index (χ4v) is 1.37. The highest BCUT2D eigenvalue weighted by Gasteiger charge is 2.36. The number of aliphatic hydroxyl groups is 4. The summed E-state index contributed by atoms with van der Waals surface area (Å²) in [5.74, 6) is 0. The third-order valence-corrected chi connectivity index (χ3v) is 2.09. The Morgan fingerprint density at radius 1 is 1.25 bits per heavy atom. The zero-order chi connectivity index (χ0) is 12.9. The molecule has 0 aliphatic carbocycles. The van der Waals surface area contributed by atoms with Gasteiger partial charge in [-0.1, -0.05) is 0 Å². The van der Waals surface area contributed by atoms with Crippen molar-refractivity contribution >= 4 is 16.7 Å². The van der Waals surface area contributed by atoms with E-state index in [1.165, 1.54) is 0 Å². The molecule has 0 aromatic carbocycles. The first-order valence-electron chi connectivity index (χ1n) is 3.99. The molecule has 5 N–H and O–H groups in total. The van der Waals surface area contributed by atoms with E-state index in [1.54, 1.807) is 0 Å². The molecule has 0 spiro atoms. The van der Waals surface area contributed by atoms with Crippen molar-refractivity contribution in [2.75, 3.05) is 6.61 Å². The predicted molar refractivity (Wildman–Crippen MR) is 47.6 cm³/mol. The van der Waals surface area contributed by atoms with E-state index in [-0.39, 0.29) is 6.29 Å². The Morgan fingerprint density at radius 2 is 1.75 bits per heavy atom. The number of rotatable bonds is 7. The second-order valence-corrected chi connectivity index (χ2v) is 3.90. The Morgan fingerprint density at radius 3 is 2.06 bits per heavy atom. The van der Waals surface area contributed by atoms with Crippen LogP contribution < -0.4 is 0 Å². The summed E-state index contributed by atoms with van der Waals surface area (Å²) in [5.41, 5.74) is 0. The normalized spacial score (nSPS) is 19.8. The second-order valence-electron chi connectivity index (χ2n) is 2.86. The Kier molecular flexibility index (Phi) is 5.96. The van der Waals surface area contributed by atoms with Crippen molar-refractivity contribution < 1.29 is 42.4 Å². The van der Waals surface area contributed by atoms with Gasteiger partial charge in [0.05, 0.1) is 6.61 Å². The summed E-state index contributed by atoms with van der Waals surface area (Å²) >= 11 is 0. The second kappa shape index (κ2) is 6.20. The third kappa shape index (κ3) is 4.94. The number of carbonyl (C=O) groups excluding carboxylic acids is 1. The monoisotopic (exact) mass is 260 g/mol. The van der Waals surface area contributed by atoms with Crippen LogP contribution in [0.15, 0.2) is 0 Å². The van der Waals surface area contributed by atoms with Gasteiger partial charge in [-0.15, -0.1) is 0 Å². The Bertz CT molecular complexity index is 312. The zero-order valence-electron chi connectivity index (χ0n) is 7.87. The number of carbonyl (C=O) groups is 1. The lowest BCUT2D eigenvalue weighted by atomic mass is 10.0. The average molecular weight is 260 g/mol.